The Kier molecular flexibility index (Phi) is 6.45. The lowest BCUT2D eigenvalue weighted by atomic mass is 9.95. The molecule has 5 rings (SSSR count). The number of methoxy groups -OCH3 is 1. The molecule has 1 aliphatic rings. The van der Waals surface area contributed by atoms with E-state index in [1.165, 1.54) is 35.1 Å². The van der Waals surface area contributed by atoms with Crippen LogP contribution in [0.1, 0.15) is 41.1 Å². The number of allylic oxidation sites excluding steroid dienone is 1. The first-order chi connectivity index (χ1) is 17.9. The van der Waals surface area contributed by atoms with Crippen LogP contribution in [0.4, 0.5) is 0 Å². The van der Waals surface area contributed by atoms with Gasteiger partial charge in [0.2, 0.25) is 0 Å². The number of aromatic nitrogens is 1. The maximum absolute atomic E-state index is 13.7. The van der Waals surface area contributed by atoms with Gasteiger partial charge in [-0.15, -0.1) is 0 Å². The second kappa shape index (κ2) is 9.87. The molecule has 0 fully saturated rings. The van der Waals surface area contributed by atoms with Crippen LogP contribution in [0.25, 0.3) is 17.4 Å². The molecule has 1 N–H and O–H groups in total. The predicted molar refractivity (Wildman–Crippen MR) is 138 cm³/mol. The van der Waals surface area contributed by atoms with E-state index in [4.69, 9.17) is 9.15 Å². The van der Waals surface area contributed by atoms with E-state index in [9.17, 15) is 19.5 Å². The number of carboxylic acids is 1. The van der Waals surface area contributed by atoms with E-state index in [2.05, 4.69) is 4.99 Å². The minimum Gasteiger partial charge on any atom is -0.478 e. The highest BCUT2D eigenvalue weighted by molar-refractivity contribution is 7.07. The van der Waals surface area contributed by atoms with Crippen LogP contribution >= 0.6 is 11.3 Å². The average Bonchev–Trinajstić information content (AvgIpc) is 3.52. The fraction of sp³-hybridized carbons (Fsp3) is 0.143. The summed E-state index contributed by atoms with van der Waals surface area (Å²) in [5.41, 5.74) is 2.15. The molecule has 0 radical (unpaired) electrons. The maximum atomic E-state index is 13.7. The van der Waals surface area contributed by atoms with Crippen LogP contribution in [0.15, 0.2) is 92.2 Å². The topological polar surface area (TPSA) is 111 Å². The molecule has 0 aliphatic carbocycles. The summed E-state index contributed by atoms with van der Waals surface area (Å²) in [7, 11) is 1.32. The largest absolute Gasteiger partial charge is 0.478 e. The molecule has 9 heteroatoms. The van der Waals surface area contributed by atoms with Crippen LogP contribution in [0.2, 0.25) is 0 Å². The zero-order valence-electron chi connectivity index (χ0n) is 20.0. The van der Waals surface area contributed by atoms with Gasteiger partial charge in [0.05, 0.1) is 34.5 Å². The fourth-order valence-electron chi connectivity index (χ4n) is 4.34. The fourth-order valence-corrected chi connectivity index (χ4v) is 5.34. The van der Waals surface area contributed by atoms with Gasteiger partial charge >= 0.3 is 11.9 Å². The molecule has 4 aromatic rings. The van der Waals surface area contributed by atoms with Crippen molar-refractivity contribution in [3.63, 3.8) is 0 Å². The highest BCUT2D eigenvalue weighted by Crippen LogP contribution is 2.31. The average molecular weight is 515 g/mol. The number of benzene rings is 2. The Balaban J connectivity index is 1.64. The molecule has 1 atom stereocenters. The van der Waals surface area contributed by atoms with Gasteiger partial charge < -0.3 is 14.3 Å². The Bertz CT molecular complexity index is 1730. The number of fused-ring (bicyclic) bond motifs is 1. The molecule has 8 nitrogen and oxygen atoms in total. The number of carbonyl (C=O) groups excluding carboxylic acids is 1. The molecule has 186 valence electrons. The summed E-state index contributed by atoms with van der Waals surface area (Å²) in [5, 5.41) is 9.26. The Morgan fingerprint density at radius 3 is 2.62 bits per heavy atom. The monoisotopic (exact) mass is 514 g/mol. The highest BCUT2D eigenvalue weighted by Gasteiger charge is 2.33. The van der Waals surface area contributed by atoms with Gasteiger partial charge in [0, 0.05) is 11.6 Å². The molecule has 37 heavy (non-hydrogen) atoms. The van der Waals surface area contributed by atoms with Crippen LogP contribution in [-0.4, -0.2) is 28.7 Å². The van der Waals surface area contributed by atoms with E-state index in [1.807, 2.05) is 37.3 Å². The Morgan fingerprint density at radius 2 is 1.92 bits per heavy atom. The molecule has 2 aromatic carbocycles. The molecule has 0 saturated carbocycles. The molecule has 0 bridgehead atoms. The lowest BCUT2D eigenvalue weighted by molar-refractivity contribution is -0.136. The SMILES string of the molecule is CCC1=C(C(=O)OC)[C@H](c2ccccc2)n2c(s/c(=C/c3ccc(-c4cccc(C(=O)O)c4)o3)c2=O)=N1. The zero-order valence-corrected chi connectivity index (χ0v) is 20.8. The van der Waals surface area contributed by atoms with Crippen molar-refractivity contribution in [3.8, 4) is 11.3 Å². The van der Waals surface area contributed by atoms with Crippen molar-refractivity contribution < 1.29 is 23.8 Å². The summed E-state index contributed by atoms with van der Waals surface area (Å²) in [4.78, 5) is 42.9. The standard InChI is InChI=1S/C28H22N2O6S/c1-3-20-23(27(34)35-2)24(16-8-5-4-6-9-16)30-25(31)22(37-28(30)29-20)15-19-12-13-21(36-19)17-10-7-11-18(14-17)26(32)33/h4-15,24H,3H2,1-2H3,(H,32,33)/b22-15+/t24-/m0/s1. The molecule has 3 heterocycles. The van der Waals surface area contributed by atoms with Crippen LogP contribution in [-0.2, 0) is 9.53 Å². The van der Waals surface area contributed by atoms with Crippen LogP contribution in [0.5, 0.6) is 0 Å². The summed E-state index contributed by atoms with van der Waals surface area (Å²) >= 11 is 1.21. The number of carboxylic acid groups (broad SMARTS) is 1. The van der Waals surface area contributed by atoms with Crippen molar-refractivity contribution in [2.45, 2.75) is 19.4 Å². The van der Waals surface area contributed by atoms with Crippen molar-refractivity contribution in [2.75, 3.05) is 7.11 Å². The van der Waals surface area contributed by atoms with Gasteiger partial charge in [-0.2, -0.15) is 0 Å². The summed E-state index contributed by atoms with van der Waals surface area (Å²) in [5.74, 6) is -0.644. The van der Waals surface area contributed by atoms with Crippen LogP contribution in [0.3, 0.4) is 0 Å². The van der Waals surface area contributed by atoms with Crippen molar-refractivity contribution in [1.82, 2.24) is 4.57 Å². The lowest BCUT2D eigenvalue weighted by Gasteiger charge is -2.25. The minimum absolute atomic E-state index is 0.151. The van der Waals surface area contributed by atoms with Crippen molar-refractivity contribution in [3.05, 3.63) is 115 Å². The quantitative estimate of drug-likeness (QED) is 0.392. The number of esters is 1. The van der Waals surface area contributed by atoms with Crippen molar-refractivity contribution in [2.24, 2.45) is 4.99 Å². The second-order valence-corrected chi connectivity index (χ2v) is 9.30. The third-order valence-corrected chi connectivity index (χ3v) is 7.04. The summed E-state index contributed by atoms with van der Waals surface area (Å²) < 4.78 is 12.9. The molecule has 0 saturated heterocycles. The molecule has 1 aliphatic heterocycles. The molecule has 0 spiro atoms. The number of hydrogen-bond acceptors (Lipinski definition) is 7. The van der Waals surface area contributed by atoms with Gasteiger partial charge in [0.1, 0.15) is 11.5 Å². The van der Waals surface area contributed by atoms with E-state index in [0.717, 1.165) is 5.56 Å². The number of hydrogen-bond donors (Lipinski definition) is 1. The van der Waals surface area contributed by atoms with Gasteiger partial charge in [0.15, 0.2) is 4.80 Å². The number of nitrogens with zero attached hydrogens (tertiary/aromatic N) is 2. The Labute approximate surface area is 215 Å². The van der Waals surface area contributed by atoms with E-state index in [0.29, 0.717) is 44.1 Å². The molecule has 2 aromatic heterocycles. The van der Waals surface area contributed by atoms with Gasteiger partial charge in [-0.05, 0) is 36.2 Å². The third-order valence-electron chi connectivity index (χ3n) is 6.06. The number of aromatic carboxylic acids is 1. The first-order valence-corrected chi connectivity index (χ1v) is 12.3. The molecule has 0 amide bonds. The van der Waals surface area contributed by atoms with Crippen LogP contribution < -0.4 is 14.9 Å². The van der Waals surface area contributed by atoms with Crippen molar-refractivity contribution >= 4 is 29.4 Å². The van der Waals surface area contributed by atoms with E-state index in [-0.39, 0.29) is 11.1 Å². The lowest BCUT2D eigenvalue weighted by Crippen LogP contribution is -2.40. The first-order valence-electron chi connectivity index (χ1n) is 11.5. The van der Waals surface area contributed by atoms with Crippen LogP contribution in [0, 0.1) is 0 Å². The smallest absolute Gasteiger partial charge is 0.338 e. The number of thiazole rings is 1. The normalized spacial score (nSPS) is 15.3. The second-order valence-electron chi connectivity index (χ2n) is 8.29. The Morgan fingerprint density at radius 1 is 1.14 bits per heavy atom. The Hall–Kier alpha value is -4.50. The number of rotatable bonds is 6. The summed E-state index contributed by atoms with van der Waals surface area (Å²) in [6.07, 6.45) is 2.12. The molecular weight excluding hydrogens is 492 g/mol. The number of furan rings is 1. The van der Waals surface area contributed by atoms with Gasteiger partial charge in [-0.3, -0.25) is 9.36 Å². The van der Waals surface area contributed by atoms with Crippen molar-refractivity contribution in [1.29, 1.82) is 0 Å². The van der Waals surface area contributed by atoms with E-state index >= 15 is 0 Å². The third kappa shape index (κ3) is 4.45. The summed E-state index contributed by atoms with van der Waals surface area (Å²) in [6.45, 7) is 1.90. The molecular formula is C28H22N2O6S. The van der Waals surface area contributed by atoms with E-state index < -0.39 is 18.0 Å². The minimum atomic E-state index is -1.03. The predicted octanol–water partition coefficient (Wildman–Crippen LogP) is 3.76. The molecule has 0 unspecified atom stereocenters. The van der Waals surface area contributed by atoms with E-state index in [1.54, 1.807) is 30.3 Å². The number of ether oxygens (including phenoxy) is 1. The van der Waals surface area contributed by atoms with Gasteiger partial charge in [0.25, 0.3) is 5.56 Å². The van der Waals surface area contributed by atoms with Gasteiger partial charge in [-0.1, -0.05) is 60.7 Å². The van der Waals surface area contributed by atoms with Gasteiger partial charge in [-0.25, -0.2) is 14.6 Å². The maximum Gasteiger partial charge on any atom is 0.338 e. The summed E-state index contributed by atoms with van der Waals surface area (Å²) in [6, 6.07) is 18.5. The number of carbonyl (C=O) groups is 2. The zero-order chi connectivity index (χ0) is 26.1. The highest BCUT2D eigenvalue weighted by atomic mass is 32.1. The first kappa shape index (κ1) is 24.2.